The maximum Gasteiger partial charge on any atom is 0.323 e. The molecule has 1 fully saturated rings. The lowest BCUT2D eigenvalue weighted by molar-refractivity contribution is -0.765. The number of ketones is 1. The molecule has 1 aliphatic rings. The maximum absolute atomic E-state index is 12.0. The Morgan fingerprint density at radius 2 is 2.08 bits per heavy atom. The summed E-state index contributed by atoms with van der Waals surface area (Å²) in [4.78, 5) is 23.5. The number of carbonyl (C=O) groups is 2. The van der Waals surface area contributed by atoms with Gasteiger partial charge in [-0.25, -0.2) is 0 Å². The summed E-state index contributed by atoms with van der Waals surface area (Å²) in [6.07, 6.45) is -0.345. The average Bonchev–Trinajstić information content (AvgIpc) is 2.93. The van der Waals surface area contributed by atoms with Crippen LogP contribution in [0.3, 0.4) is 0 Å². The Morgan fingerprint density at radius 1 is 1.38 bits per heavy atom. The van der Waals surface area contributed by atoms with Crippen LogP contribution in [-0.4, -0.2) is 52.9 Å². The van der Waals surface area contributed by atoms with Gasteiger partial charge < -0.3 is 25.4 Å². The summed E-state index contributed by atoms with van der Waals surface area (Å²) in [5.41, 5.74) is 6.27. The summed E-state index contributed by atoms with van der Waals surface area (Å²) < 4.78 is 12.3. The van der Waals surface area contributed by atoms with Gasteiger partial charge in [0.25, 0.3) is 6.23 Å². The zero-order valence-corrected chi connectivity index (χ0v) is 15.2. The minimum absolute atomic E-state index is 0.0277. The van der Waals surface area contributed by atoms with Gasteiger partial charge in [0.2, 0.25) is 0 Å². The highest BCUT2D eigenvalue weighted by Gasteiger charge is 2.48. The van der Waals surface area contributed by atoms with Crippen molar-refractivity contribution in [3.05, 3.63) is 30.1 Å². The van der Waals surface area contributed by atoms with Gasteiger partial charge in [0.15, 0.2) is 24.3 Å². The van der Waals surface area contributed by atoms with Crippen LogP contribution >= 0.6 is 0 Å². The van der Waals surface area contributed by atoms with Crippen LogP contribution in [0.4, 0.5) is 0 Å². The van der Waals surface area contributed by atoms with E-state index in [1.54, 1.807) is 18.3 Å². The van der Waals surface area contributed by atoms with Crippen LogP contribution in [0.15, 0.2) is 24.5 Å². The molecular formula is C18H27N2O6+. The van der Waals surface area contributed by atoms with E-state index < -0.39 is 36.6 Å². The summed E-state index contributed by atoms with van der Waals surface area (Å²) in [7, 11) is 0. The molecule has 1 saturated heterocycles. The van der Waals surface area contributed by atoms with E-state index in [2.05, 4.69) is 0 Å². The summed E-state index contributed by atoms with van der Waals surface area (Å²) in [6, 6.07) is 2.55. The van der Waals surface area contributed by atoms with Crippen LogP contribution in [0, 0.1) is 5.92 Å². The van der Waals surface area contributed by atoms with Gasteiger partial charge >= 0.3 is 5.97 Å². The zero-order chi connectivity index (χ0) is 19.4. The summed E-state index contributed by atoms with van der Waals surface area (Å²) in [6.45, 7) is 4.99. The molecule has 26 heavy (non-hydrogen) atoms. The minimum Gasteiger partial charge on any atom is -0.462 e. The van der Waals surface area contributed by atoms with Gasteiger partial charge in [-0.2, -0.15) is 4.57 Å². The molecule has 144 valence electrons. The third-order valence-corrected chi connectivity index (χ3v) is 4.78. The molecular weight excluding hydrogens is 340 g/mol. The van der Waals surface area contributed by atoms with Gasteiger partial charge in [-0.05, 0) is 18.9 Å². The number of aromatic nitrogens is 1. The molecule has 0 unspecified atom stereocenters. The van der Waals surface area contributed by atoms with Gasteiger partial charge in [-0.1, -0.05) is 20.3 Å². The van der Waals surface area contributed by atoms with E-state index in [1.165, 1.54) is 17.7 Å². The maximum atomic E-state index is 12.0. The molecule has 0 spiro atoms. The number of ether oxygens (including phenoxy) is 2. The Bertz CT molecular complexity index is 652. The smallest absolute Gasteiger partial charge is 0.323 e. The topological polar surface area (TPSA) is 123 Å². The first kappa shape index (κ1) is 20.4. The van der Waals surface area contributed by atoms with E-state index in [-0.39, 0.29) is 18.3 Å². The Morgan fingerprint density at radius 3 is 2.69 bits per heavy atom. The highest BCUT2D eigenvalue weighted by Crippen LogP contribution is 2.26. The van der Waals surface area contributed by atoms with Crippen LogP contribution in [0.1, 0.15) is 43.8 Å². The number of aliphatic hydroxyl groups is 2. The Kier molecular flexibility index (Phi) is 6.82. The number of esters is 1. The Labute approximate surface area is 152 Å². The predicted octanol–water partition coefficient (Wildman–Crippen LogP) is -0.287. The number of carbonyl (C=O) groups excluding carboxylic acids is 2. The molecule has 1 aromatic rings. The van der Waals surface area contributed by atoms with Gasteiger partial charge in [-0.3, -0.25) is 9.59 Å². The molecule has 1 aromatic heterocycles. The minimum atomic E-state index is -1.24. The standard InChI is InChI=1S/C18H27N2O6/c1-4-10(2)14(19)18(24)25-9-13-15(22)16(23)17(26-13)20-7-5-6-12(8-20)11(3)21/h5-8,10,13-17,22-23H,4,9,19H2,1-3H3/q+1/t10-,13+,14-,15+,16+,17+/m0/s1. The number of pyridine rings is 1. The Balaban J connectivity index is 2.02. The first-order chi connectivity index (χ1) is 12.3. The molecule has 0 amide bonds. The second-order valence-electron chi connectivity index (χ2n) is 6.68. The molecule has 2 rings (SSSR count). The van der Waals surface area contributed by atoms with Crippen LogP contribution in [0.2, 0.25) is 0 Å². The van der Waals surface area contributed by atoms with Crippen molar-refractivity contribution in [3.63, 3.8) is 0 Å². The fourth-order valence-corrected chi connectivity index (χ4v) is 2.72. The predicted molar refractivity (Wildman–Crippen MR) is 91.0 cm³/mol. The van der Waals surface area contributed by atoms with Gasteiger partial charge in [0.05, 0.1) is 5.56 Å². The van der Waals surface area contributed by atoms with Crippen LogP contribution in [0.25, 0.3) is 0 Å². The molecule has 0 bridgehead atoms. The zero-order valence-electron chi connectivity index (χ0n) is 15.2. The van der Waals surface area contributed by atoms with Crippen molar-refractivity contribution < 1.29 is 33.8 Å². The number of hydrogen-bond acceptors (Lipinski definition) is 7. The van der Waals surface area contributed by atoms with E-state index >= 15 is 0 Å². The van der Waals surface area contributed by atoms with Crippen molar-refractivity contribution in [1.82, 2.24) is 0 Å². The monoisotopic (exact) mass is 367 g/mol. The normalized spacial score (nSPS) is 27.8. The van der Waals surface area contributed by atoms with Crippen molar-refractivity contribution in [1.29, 1.82) is 0 Å². The van der Waals surface area contributed by atoms with Crippen molar-refractivity contribution in [2.45, 2.75) is 57.8 Å². The highest BCUT2D eigenvalue weighted by atomic mass is 16.6. The van der Waals surface area contributed by atoms with E-state index in [0.717, 1.165) is 6.42 Å². The fourth-order valence-electron chi connectivity index (χ4n) is 2.72. The number of hydrogen-bond donors (Lipinski definition) is 3. The fraction of sp³-hybridized carbons (Fsp3) is 0.611. The number of rotatable bonds is 7. The number of Topliss-reactive ketones (excluding diaryl/α,β-unsaturated/α-hetero) is 1. The number of aliphatic hydroxyl groups excluding tert-OH is 2. The van der Waals surface area contributed by atoms with E-state index in [0.29, 0.717) is 5.56 Å². The van der Waals surface area contributed by atoms with Gasteiger partial charge in [0, 0.05) is 6.07 Å². The first-order valence-corrected chi connectivity index (χ1v) is 8.71. The number of nitrogens with zero attached hydrogens (tertiary/aromatic N) is 1. The third-order valence-electron chi connectivity index (χ3n) is 4.78. The van der Waals surface area contributed by atoms with Crippen LogP contribution in [0.5, 0.6) is 0 Å². The lowest BCUT2D eigenvalue weighted by Gasteiger charge is -2.19. The average molecular weight is 367 g/mol. The molecule has 6 atom stereocenters. The molecule has 1 aliphatic heterocycles. The Hall–Kier alpha value is -1.87. The van der Waals surface area contributed by atoms with Gasteiger partial charge in [-0.15, -0.1) is 0 Å². The first-order valence-electron chi connectivity index (χ1n) is 8.71. The second kappa shape index (κ2) is 8.68. The largest absolute Gasteiger partial charge is 0.462 e. The number of nitrogens with two attached hydrogens (primary N) is 1. The molecule has 0 aliphatic carbocycles. The molecule has 8 heteroatoms. The van der Waals surface area contributed by atoms with Gasteiger partial charge in [0.1, 0.15) is 24.9 Å². The third kappa shape index (κ3) is 4.45. The molecule has 2 heterocycles. The van der Waals surface area contributed by atoms with E-state index in [9.17, 15) is 19.8 Å². The summed E-state index contributed by atoms with van der Waals surface area (Å²) >= 11 is 0. The quantitative estimate of drug-likeness (QED) is 0.344. The van der Waals surface area contributed by atoms with Crippen molar-refractivity contribution in [3.8, 4) is 0 Å². The summed E-state index contributed by atoms with van der Waals surface area (Å²) in [5, 5.41) is 20.5. The SMILES string of the molecule is CC[C@H](C)[C@H](N)C(=O)OC[C@H]1O[C@@H]([n+]2cccc(C(C)=O)c2)[C@H](O)[C@@H]1O. The molecule has 0 radical (unpaired) electrons. The van der Waals surface area contributed by atoms with E-state index in [1.807, 2.05) is 13.8 Å². The van der Waals surface area contributed by atoms with E-state index in [4.69, 9.17) is 15.2 Å². The second-order valence-corrected chi connectivity index (χ2v) is 6.68. The van der Waals surface area contributed by atoms with Crippen molar-refractivity contribution in [2.24, 2.45) is 11.7 Å². The molecule has 4 N–H and O–H groups in total. The van der Waals surface area contributed by atoms with Crippen molar-refractivity contribution in [2.75, 3.05) is 6.61 Å². The molecule has 0 aromatic carbocycles. The van der Waals surface area contributed by atoms with Crippen molar-refractivity contribution >= 4 is 11.8 Å². The lowest BCUT2D eigenvalue weighted by Crippen LogP contribution is -2.46. The van der Waals surface area contributed by atoms with Crippen LogP contribution in [-0.2, 0) is 14.3 Å². The molecule has 0 saturated carbocycles. The lowest BCUT2D eigenvalue weighted by atomic mass is 10.0. The highest BCUT2D eigenvalue weighted by molar-refractivity contribution is 5.93. The van der Waals surface area contributed by atoms with Crippen LogP contribution < -0.4 is 10.3 Å². The molecule has 8 nitrogen and oxygen atoms in total. The summed E-state index contributed by atoms with van der Waals surface area (Å²) in [5.74, 6) is -0.726.